The minimum atomic E-state index is -0.0726. The molecule has 2 aromatic rings. The molecule has 0 radical (unpaired) electrons. The molecule has 1 aliphatic heterocycles. The number of aliphatic imine (C=N–C) groups is 1. The molecular weight excluding hydrogens is 344 g/mol. The number of thioether (sulfide) groups is 1. The van der Waals surface area contributed by atoms with Crippen LogP contribution in [0.4, 0.5) is 5.69 Å². The van der Waals surface area contributed by atoms with Crippen molar-refractivity contribution in [1.29, 1.82) is 0 Å². The lowest BCUT2D eigenvalue weighted by atomic mass is 10.2. The maximum atomic E-state index is 12.4. The number of halogens is 1. The number of methoxy groups -OCH3 is 1. The molecule has 122 valence electrons. The molecule has 0 atom stereocenters. The van der Waals surface area contributed by atoms with Gasteiger partial charge >= 0.3 is 0 Å². The Balaban J connectivity index is 1.86. The summed E-state index contributed by atoms with van der Waals surface area (Å²) in [6.45, 7) is 0. The summed E-state index contributed by atoms with van der Waals surface area (Å²) in [4.78, 5) is 19.1. The van der Waals surface area contributed by atoms with Crippen LogP contribution in [0.2, 0.25) is 5.02 Å². The zero-order chi connectivity index (χ0) is 17.1. The van der Waals surface area contributed by atoms with Gasteiger partial charge in [0.05, 0.1) is 17.7 Å². The van der Waals surface area contributed by atoms with Crippen molar-refractivity contribution in [2.45, 2.75) is 0 Å². The summed E-state index contributed by atoms with van der Waals surface area (Å²) >= 11 is 7.32. The van der Waals surface area contributed by atoms with E-state index in [1.807, 2.05) is 42.5 Å². The van der Waals surface area contributed by atoms with Gasteiger partial charge in [-0.25, -0.2) is 4.99 Å². The Hall–Kier alpha value is -2.24. The van der Waals surface area contributed by atoms with E-state index < -0.39 is 0 Å². The van der Waals surface area contributed by atoms with E-state index in [0.717, 1.165) is 17.0 Å². The molecule has 0 N–H and O–H groups in total. The van der Waals surface area contributed by atoms with Crippen molar-refractivity contribution < 1.29 is 9.53 Å². The third-order valence-electron chi connectivity index (χ3n) is 3.45. The zero-order valence-electron chi connectivity index (χ0n) is 13.2. The van der Waals surface area contributed by atoms with E-state index in [0.29, 0.717) is 15.1 Å². The van der Waals surface area contributed by atoms with Crippen molar-refractivity contribution in [2.75, 3.05) is 14.2 Å². The van der Waals surface area contributed by atoms with E-state index in [-0.39, 0.29) is 5.91 Å². The number of amidine groups is 1. The molecule has 1 fully saturated rings. The average Bonchev–Trinajstić information content (AvgIpc) is 2.84. The number of hydrogen-bond donors (Lipinski definition) is 0. The number of hydrogen-bond acceptors (Lipinski definition) is 4. The Morgan fingerprint density at radius 1 is 1.21 bits per heavy atom. The summed E-state index contributed by atoms with van der Waals surface area (Å²) in [7, 11) is 3.34. The number of nitrogens with zero attached hydrogens (tertiary/aromatic N) is 2. The molecule has 6 heteroatoms. The predicted octanol–water partition coefficient (Wildman–Crippen LogP) is 4.58. The number of ether oxygens (including phenoxy) is 1. The van der Waals surface area contributed by atoms with E-state index in [1.54, 1.807) is 31.2 Å². The largest absolute Gasteiger partial charge is 0.497 e. The van der Waals surface area contributed by atoms with E-state index in [4.69, 9.17) is 16.3 Å². The fourth-order valence-corrected chi connectivity index (χ4v) is 3.33. The Labute approximate surface area is 149 Å². The molecule has 2 aromatic carbocycles. The monoisotopic (exact) mass is 358 g/mol. The molecule has 0 spiro atoms. The van der Waals surface area contributed by atoms with Crippen molar-refractivity contribution in [1.82, 2.24) is 4.90 Å². The van der Waals surface area contributed by atoms with Gasteiger partial charge in [0, 0.05) is 12.1 Å². The van der Waals surface area contributed by atoms with Crippen LogP contribution >= 0.6 is 23.4 Å². The smallest absolute Gasteiger partial charge is 0.266 e. The number of benzene rings is 2. The lowest BCUT2D eigenvalue weighted by Crippen LogP contribution is -2.23. The number of amides is 1. The topological polar surface area (TPSA) is 41.9 Å². The van der Waals surface area contributed by atoms with Gasteiger partial charge in [-0.05, 0) is 53.7 Å². The molecule has 1 amide bonds. The summed E-state index contributed by atoms with van der Waals surface area (Å²) in [6.07, 6.45) is 1.85. The van der Waals surface area contributed by atoms with Gasteiger partial charge in [-0.3, -0.25) is 9.69 Å². The van der Waals surface area contributed by atoms with Crippen molar-refractivity contribution in [3.05, 3.63) is 64.0 Å². The standard InChI is InChI=1S/C18H15ClN2O2S/c1-21-17(22)16(10-12-6-8-15(23-2)9-7-12)24-18(21)20-14-5-3-4-13(19)11-14/h3-11H,1-2H3/b16-10+,20-18?. The second-order valence-electron chi connectivity index (χ2n) is 5.12. The molecule has 0 aromatic heterocycles. The van der Waals surface area contributed by atoms with Gasteiger partial charge in [0.15, 0.2) is 5.17 Å². The van der Waals surface area contributed by atoms with Crippen LogP contribution in [0.3, 0.4) is 0 Å². The Bertz CT molecular complexity index is 831. The summed E-state index contributed by atoms with van der Waals surface area (Å²) in [5.74, 6) is 0.708. The highest BCUT2D eigenvalue weighted by atomic mass is 35.5. The molecule has 0 unspecified atom stereocenters. The Morgan fingerprint density at radius 2 is 1.96 bits per heavy atom. The van der Waals surface area contributed by atoms with Crippen molar-refractivity contribution in [3.63, 3.8) is 0 Å². The highest BCUT2D eigenvalue weighted by Crippen LogP contribution is 2.33. The van der Waals surface area contributed by atoms with Gasteiger partial charge in [0.25, 0.3) is 5.91 Å². The van der Waals surface area contributed by atoms with E-state index in [1.165, 1.54) is 11.8 Å². The number of rotatable bonds is 3. The van der Waals surface area contributed by atoms with Gasteiger partial charge in [-0.2, -0.15) is 0 Å². The minimum Gasteiger partial charge on any atom is -0.497 e. The van der Waals surface area contributed by atoms with Gasteiger partial charge in [0.2, 0.25) is 0 Å². The van der Waals surface area contributed by atoms with Crippen LogP contribution in [0, 0.1) is 0 Å². The second-order valence-corrected chi connectivity index (χ2v) is 6.57. The first-order valence-electron chi connectivity index (χ1n) is 7.23. The van der Waals surface area contributed by atoms with Gasteiger partial charge in [-0.15, -0.1) is 0 Å². The van der Waals surface area contributed by atoms with Crippen molar-refractivity contribution in [3.8, 4) is 5.75 Å². The first-order valence-corrected chi connectivity index (χ1v) is 8.42. The average molecular weight is 359 g/mol. The molecule has 4 nitrogen and oxygen atoms in total. The van der Waals surface area contributed by atoms with Crippen LogP contribution in [0.15, 0.2) is 58.4 Å². The first-order chi connectivity index (χ1) is 11.6. The number of carbonyl (C=O) groups excluding carboxylic acids is 1. The van der Waals surface area contributed by atoms with Gasteiger partial charge in [0.1, 0.15) is 5.75 Å². The molecule has 0 aliphatic carbocycles. The van der Waals surface area contributed by atoms with Crippen LogP contribution in [0.5, 0.6) is 5.75 Å². The summed E-state index contributed by atoms with van der Waals surface area (Å²) in [5.41, 5.74) is 1.65. The molecule has 3 rings (SSSR count). The summed E-state index contributed by atoms with van der Waals surface area (Å²) < 4.78 is 5.14. The Morgan fingerprint density at radius 3 is 2.62 bits per heavy atom. The quantitative estimate of drug-likeness (QED) is 0.754. The van der Waals surface area contributed by atoms with Gasteiger partial charge < -0.3 is 4.74 Å². The Kier molecular flexibility index (Phi) is 4.92. The molecule has 0 bridgehead atoms. The fraction of sp³-hybridized carbons (Fsp3) is 0.111. The zero-order valence-corrected chi connectivity index (χ0v) is 14.8. The normalized spacial score (nSPS) is 17.8. The van der Waals surface area contributed by atoms with Crippen LogP contribution in [0.1, 0.15) is 5.56 Å². The summed E-state index contributed by atoms with van der Waals surface area (Å²) in [5, 5.41) is 1.24. The van der Waals surface area contributed by atoms with E-state index >= 15 is 0 Å². The van der Waals surface area contributed by atoms with Crippen LogP contribution < -0.4 is 4.74 Å². The SMILES string of the molecule is COc1ccc(/C=C2/SC(=Nc3cccc(Cl)c3)N(C)C2=O)cc1. The fourth-order valence-electron chi connectivity index (χ4n) is 2.16. The molecule has 0 saturated carbocycles. The maximum Gasteiger partial charge on any atom is 0.266 e. The number of likely N-dealkylation sites (N-methyl/N-ethyl adjacent to an activating group) is 1. The highest BCUT2D eigenvalue weighted by Gasteiger charge is 2.30. The predicted molar refractivity (Wildman–Crippen MR) is 99.9 cm³/mol. The van der Waals surface area contributed by atoms with Crippen molar-refractivity contribution in [2.24, 2.45) is 4.99 Å². The molecule has 1 saturated heterocycles. The van der Waals surface area contributed by atoms with Crippen LogP contribution in [-0.4, -0.2) is 30.1 Å². The highest BCUT2D eigenvalue weighted by molar-refractivity contribution is 8.18. The summed E-state index contributed by atoms with van der Waals surface area (Å²) in [6, 6.07) is 14.8. The van der Waals surface area contributed by atoms with Crippen molar-refractivity contribution >= 4 is 46.2 Å². The molecule has 1 aliphatic rings. The third-order valence-corrected chi connectivity index (χ3v) is 4.75. The van der Waals surface area contributed by atoms with Crippen LogP contribution in [0.25, 0.3) is 6.08 Å². The number of carbonyl (C=O) groups is 1. The van der Waals surface area contributed by atoms with E-state index in [9.17, 15) is 4.79 Å². The minimum absolute atomic E-state index is 0.0726. The first kappa shape index (κ1) is 16.6. The van der Waals surface area contributed by atoms with Crippen LogP contribution in [-0.2, 0) is 4.79 Å². The molecule has 1 heterocycles. The lowest BCUT2D eigenvalue weighted by Gasteiger charge is -2.07. The molecule has 24 heavy (non-hydrogen) atoms. The lowest BCUT2D eigenvalue weighted by molar-refractivity contribution is -0.121. The maximum absolute atomic E-state index is 12.4. The second kappa shape index (κ2) is 7.11. The third kappa shape index (κ3) is 3.63. The van der Waals surface area contributed by atoms with Gasteiger partial charge in [-0.1, -0.05) is 29.8 Å². The molecular formula is C18H15ClN2O2S. The van der Waals surface area contributed by atoms with E-state index in [2.05, 4.69) is 4.99 Å².